The van der Waals surface area contributed by atoms with Crippen LogP contribution in [0.1, 0.15) is 0 Å². The number of halogens is 3. The van der Waals surface area contributed by atoms with Crippen LogP contribution in [0.2, 0.25) is 0 Å². The normalized spacial score (nSPS) is 37.5. The number of rotatable bonds is 0. The van der Waals surface area contributed by atoms with Crippen LogP contribution < -0.4 is 5.32 Å². The van der Waals surface area contributed by atoms with Gasteiger partial charge in [-0.3, -0.25) is 5.32 Å². The Hall–Kier alpha value is -0.290. The summed E-state index contributed by atoms with van der Waals surface area (Å²) in [6.07, 6.45) is -5.64. The molecule has 0 bridgehead atoms. The molecule has 1 rings (SSSR count). The Labute approximate surface area is 43.3 Å². The number of hydrogen-bond acceptors (Lipinski definition) is 2. The Morgan fingerprint density at radius 1 is 1.38 bits per heavy atom. The minimum atomic E-state index is -4.28. The molecule has 5 heteroatoms. The van der Waals surface area contributed by atoms with Crippen molar-refractivity contribution in [2.45, 2.75) is 18.4 Å². The molecule has 1 heterocycles. The zero-order chi connectivity index (χ0) is 6.36. The van der Waals surface area contributed by atoms with Gasteiger partial charge >= 0.3 is 6.18 Å². The SMILES string of the molecule is OC1NC1C(F)(F)F. The monoisotopic (exact) mass is 127 g/mol. The van der Waals surface area contributed by atoms with Crippen LogP contribution in [-0.2, 0) is 0 Å². The summed E-state index contributed by atoms with van der Waals surface area (Å²) in [7, 11) is 0. The van der Waals surface area contributed by atoms with Crippen molar-refractivity contribution in [3.63, 3.8) is 0 Å². The van der Waals surface area contributed by atoms with Gasteiger partial charge in [0.05, 0.1) is 0 Å². The minimum absolute atomic E-state index is 1.37. The Kier molecular flexibility index (Phi) is 0.989. The lowest BCUT2D eigenvalue weighted by molar-refractivity contribution is -0.134. The van der Waals surface area contributed by atoms with Gasteiger partial charge in [-0.15, -0.1) is 0 Å². The highest BCUT2D eigenvalue weighted by atomic mass is 19.4. The lowest BCUT2D eigenvalue weighted by Crippen LogP contribution is -2.20. The Morgan fingerprint density at radius 3 is 1.75 bits per heavy atom. The molecule has 2 N–H and O–H groups in total. The molecule has 0 spiro atoms. The molecule has 2 atom stereocenters. The first kappa shape index (κ1) is 5.84. The molecule has 1 aliphatic heterocycles. The van der Waals surface area contributed by atoms with Crippen LogP contribution in [0.4, 0.5) is 13.2 Å². The Morgan fingerprint density at radius 2 is 1.75 bits per heavy atom. The summed E-state index contributed by atoms with van der Waals surface area (Å²) in [5.74, 6) is 0. The van der Waals surface area contributed by atoms with Gasteiger partial charge in [-0.25, -0.2) is 0 Å². The van der Waals surface area contributed by atoms with Gasteiger partial charge in [0.25, 0.3) is 0 Å². The highest BCUT2D eigenvalue weighted by molar-refractivity contribution is 4.95. The van der Waals surface area contributed by atoms with Crippen molar-refractivity contribution in [3.8, 4) is 0 Å². The summed E-state index contributed by atoms with van der Waals surface area (Å²) >= 11 is 0. The number of aliphatic hydroxyl groups excluding tert-OH is 1. The average Bonchev–Trinajstić information content (AvgIpc) is 2.13. The van der Waals surface area contributed by atoms with E-state index in [1.165, 1.54) is 0 Å². The fourth-order valence-electron chi connectivity index (χ4n) is 0.402. The highest BCUT2D eigenvalue weighted by Gasteiger charge is 2.55. The van der Waals surface area contributed by atoms with E-state index >= 15 is 0 Å². The average molecular weight is 127 g/mol. The second kappa shape index (κ2) is 1.35. The fourth-order valence-corrected chi connectivity index (χ4v) is 0.402. The maximum absolute atomic E-state index is 11.3. The van der Waals surface area contributed by atoms with E-state index in [0.717, 1.165) is 0 Å². The van der Waals surface area contributed by atoms with Gasteiger partial charge in [0.15, 0.2) is 0 Å². The van der Waals surface area contributed by atoms with Crippen molar-refractivity contribution in [1.82, 2.24) is 5.32 Å². The molecule has 0 radical (unpaired) electrons. The maximum Gasteiger partial charge on any atom is 0.407 e. The van der Waals surface area contributed by atoms with Crippen LogP contribution in [-0.4, -0.2) is 23.6 Å². The summed E-state index contributed by atoms with van der Waals surface area (Å²) < 4.78 is 33.8. The van der Waals surface area contributed by atoms with Crippen LogP contribution in [0.3, 0.4) is 0 Å². The molecule has 1 fully saturated rings. The molecule has 0 aromatic rings. The summed E-state index contributed by atoms with van der Waals surface area (Å²) in [5, 5.41) is 9.93. The molecular weight excluding hydrogens is 123 g/mol. The van der Waals surface area contributed by atoms with Crippen molar-refractivity contribution in [3.05, 3.63) is 0 Å². The van der Waals surface area contributed by atoms with Crippen molar-refractivity contribution < 1.29 is 18.3 Å². The first-order chi connectivity index (χ1) is 3.52. The minimum Gasteiger partial charge on any atom is -0.377 e. The van der Waals surface area contributed by atoms with Gasteiger partial charge in [-0.2, -0.15) is 13.2 Å². The van der Waals surface area contributed by atoms with Gasteiger partial charge in [-0.1, -0.05) is 0 Å². The summed E-state index contributed by atoms with van der Waals surface area (Å²) in [6.45, 7) is 0. The second-order valence-corrected chi connectivity index (χ2v) is 1.63. The van der Waals surface area contributed by atoms with Crippen molar-refractivity contribution >= 4 is 0 Å². The van der Waals surface area contributed by atoms with E-state index in [-0.39, 0.29) is 0 Å². The van der Waals surface area contributed by atoms with E-state index in [4.69, 9.17) is 5.11 Å². The zero-order valence-corrected chi connectivity index (χ0v) is 3.74. The predicted molar refractivity (Wildman–Crippen MR) is 19.0 cm³/mol. The quantitative estimate of drug-likeness (QED) is 0.444. The molecule has 0 aliphatic carbocycles. The van der Waals surface area contributed by atoms with Crippen molar-refractivity contribution in [2.75, 3.05) is 0 Å². The van der Waals surface area contributed by atoms with E-state index in [0.29, 0.717) is 0 Å². The van der Waals surface area contributed by atoms with E-state index in [9.17, 15) is 13.2 Å². The van der Waals surface area contributed by atoms with Crippen LogP contribution in [0.5, 0.6) is 0 Å². The fraction of sp³-hybridized carbons (Fsp3) is 1.00. The Bertz CT molecular complexity index is 101. The standard InChI is InChI=1S/C3H4F3NO/c4-3(5,6)1-2(8)7-1/h1-2,7-8H. The second-order valence-electron chi connectivity index (χ2n) is 1.63. The van der Waals surface area contributed by atoms with E-state index in [2.05, 4.69) is 0 Å². The molecule has 0 amide bonds. The molecule has 0 aromatic carbocycles. The molecule has 48 valence electrons. The number of alkyl halides is 3. The van der Waals surface area contributed by atoms with E-state index in [1.54, 1.807) is 5.32 Å². The van der Waals surface area contributed by atoms with Gasteiger partial charge in [0.2, 0.25) is 0 Å². The topological polar surface area (TPSA) is 42.2 Å². The van der Waals surface area contributed by atoms with Crippen LogP contribution >= 0.6 is 0 Å². The third-order valence-electron chi connectivity index (χ3n) is 0.910. The van der Waals surface area contributed by atoms with Crippen molar-refractivity contribution in [2.24, 2.45) is 0 Å². The van der Waals surface area contributed by atoms with Gasteiger partial charge in [0, 0.05) is 0 Å². The maximum atomic E-state index is 11.3. The lowest BCUT2D eigenvalue weighted by atomic mass is 10.4. The summed E-state index contributed by atoms with van der Waals surface area (Å²) in [4.78, 5) is 0. The van der Waals surface area contributed by atoms with Crippen LogP contribution in [0, 0.1) is 0 Å². The third kappa shape index (κ3) is 0.924. The first-order valence-corrected chi connectivity index (χ1v) is 2.02. The zero-order valence-electron chi connectivity index (χ0n) is 3.74. The summed E-state index contributed by atoms with van der Waals surface area (Å²) in [5.41, 5.74) is 0. The van der Waals surface area contributed by atoms with Gasteiger partial charge < -0.3 is 5.11 Å². The number of nitrogens with one attached hydrogen (secondary N) is 1. The van der Waals surface area contributed by atoms with E-state index in [1.807, 2.05) is 0 Å². The van der Waals surface area contributed by atoms with Crippen molar-refractivity contribution in [1.29, 1.82) is 0 Å². The third-order valence-corrected chi connectivity index (χ3v) is 0.910. The molecule has 2 nitrogen and oxygen atoms in total. The molecule has 8 heavy (non-hydrogen) atoms. The summed E-state index contributed by atoms with van der Waals surface area (Å²) in [6, 6.07) is -1.68. The van der Waals surface area contributed by atoms with Crippen LogP contribution in [0.15, 0.2) is 0 Å². The number of hydrogen-bond donors (Lipinski definition) is 2. The molecule has 2 unspecified atom stereocenters. The predicted octanol–water partition coefficient (Wildman–Crippen LogP) is -0.161. The van der Waals surface area contributed by atoms with Gasteiger partial charge in [0.1, 0.15) is 12.3 Å². The largest absolute Gasteiger partial charge is 0.407 e. The van der Waals surface area contributed by atoms with Gasteiger partial charge in [-0.05, 0) is 0 Å². The molecule has 1 saturated heterocycles. The number of aliphatic hydroxyl groups is 1. The molecule has 0 saturated carbocycles. The lowest BCUT2D eigenvalue weighted by Gasteiger charge is -1.98. The molecule has 0 aromatic heterocycles. The first-order valence-electron chi connectivity index (χ1n) is 2.02. The molecule has 1 aliphatic rings. The smallest absolute Gasteiger partial charge is 0.377 e. The molecular formula is C3H4F3NO. The highest BCUT2D eigenvalue weighted by Crippen LogP contribution is 2.29. The van der Waals surface area contributed by atoms with E-state index < -0.39 is 18.4 Å². The Balaban J connectivity index is 2.39. The van der Waals surface area contributed by atoms with Crippen LogP contribution in [0.25, 0.3) is 0 Å².